The Kier molecular flexibility index (Phi) is 3.63. The SMILES string of the molecule is CCN(C)C(=O)Cc1ccc(F)cc1. The topological polar surface area (TPSA) is 20.3 Å². The Morgan fingerprint density at radius 3 is 2.43 bits per heavy atom. The number of carbonyl (C=O) groups is 1. The number of hydrogen-bond donors (Lipinski definition) is 0. The molecular formula is C11H14FNO. The lowest BCUT2D eigenvalue weighted by molar-refractivity contribution is -0.128. The van der Waals surface area contributed by atoms with E-state index >= 15 is 0 Å². The number of carbonyl (C=O) groups excluding carboxylic acids is 1. The molecule has 0 bridgehead atoms. The van der Waals surface area contributed by atoms with Crippen molar-refractivity contribution in [1.82, 2.24) is 4.90 Å². The van der Waals surface area contributed by atoms with Crippen LogP contribution in [0.25, 0.3) is 0 Å². The van der Waals surface area contributed by atoms with Gasteiger partial charge in [0.25, 0.3) is 0 Å². The minimum atomic E-state index is -0.273. The Bertz CT molecular complexity index is 308. The molecule has 0 N–H and O–H groups in total. The van der Waals surface area contributed by atoms with Crippen LogP contribution in [0.5, 0.6) is 0 Å². The molecule has 1 aromatic carbocycles. The highest BCUT2D eigenvalue weighted by molar-refractivity contribution is 5.78. The maximum absolute atomic E-state index is 12.6. The van der Waals surface area contributed by atoms with Crippen molar-refractivity contribution >= 4 is 5.91 Å². The van der Waals surface area contributed by atoms with E-state index in [0.717, 1.165) is 5.56 Å². The van der Waals surface area contributed by atoms with E-state index in [1.165, 1.54) is 12.1 Å². The van der Waals surface area contributed by atoms with Crippen molar-refractivity contribution in [3.63, 3.8) is 0 Å². The summed E-state index contributed by atoms with van der Waals surface area (Å²) in [6, 6.07) is 6.01. The van der Waals surface area contributed by atoms with Gasteiger partial charge in [0, 0.05) is 13.6 Å². The van der Waals surface area contributed by atoms with Crippen molar-refractivity contribution in [2.45, 2.75) is 13.3 Å². The Morgan fingerprint density at radius 1 is 1.36 bits per heavy atom. The molecule has 1 rings (SSSR count). The van der Waals surface area contributed by atoms with Gasteiger partial charge in [-0.15, -0.1) is 0 Å². The molecule has 0 saturated carbocycles. The molecule has 1 amide bonds. The molecule has 76 valence electrons. The number of rotatable bonds is 3. The summed E-state index contributed by atoms with van der Waals surface area (Å²) in [4.78, 5) is 13.1. The first kappa shape index (κ1) is 10.7. The lowest BCUT2D eigenvalue weighted by Gasteiger charge is -2.14. The molecule has 0 fully saturated rings. The van der Waals surface area contributed by atoms with Gasteiger partial charge in [0.2, 0.25) is 5.91 Å². The van der Waals surface area contributed by atoms with Gasteiger partial charge in [0.05, 0.1) is 6.42 Å². The van der Waals surface area contributed by atoms with Gasteiger partial charge in [-0.05, 0) is 24.6 Å². The Morgan fingerprint density at radius 2 is 1.93 bits per heavy atom. The Labute approximate surface area is 83.3 Å². The predicted octanol–water partition coefficient (Wildman–Crippen LogP) is 1.85. The summed E-state index contributed by atoms with van der Waals surface area (Å²) < 4.78 is 12.6. The van der Waals surface area contributed by atoms with Gasteiger partial charge in [-0.25, -0.2) is 4.39 Å². The number of amides is 1. The number of benzene rings is 1. The third-order valence-corrected chi connectivity index (χ3v) is 2.17. The summed E-state index contributed by atoms with van der Waals surface area (Å²) in [6.07, 6.45) is 0.338. The summed E-state index contributed by atoms with van der Waals surface area (Å²) in [7, 11) is 1.76. The van der Waals surface area contributed by atoms with Crippen LogP contribution < -0.4 is 0 Å². The third-order valence-electron chi connectivity index (χ3n) is 2.17. The average Bonchev–Trinajstić information content (AvgIpc) is 2.20. The van der Waals surface area contributed by atoms with Crippen molar-refractivity contribution in [1.29, 1.82) is 0 Å². The fourth-order valence-corrected chi connectivity index (χ4v) is 1.09. The average molecular weight is 195 g/mol. The van der Waals surface area contributed by atoms with E-state index < -0.39 is 0 Å². The van der Waals surface area contributed by atoms with E-state index in [9.17, 15) is 9.18 Å². The molecule has 0 radical (unpaired) electrons. The zero-order valence-corrected chi connectivity index (χ0v) is 8.46. The van der Waals surface area contributed by atoms with Gasteiger partial charge in [-0.2, -0.15) is 0 Å². The van der Waals surface area contributed by atoms with Crippen LogP contribution in [0.1, 0.15) is 12.5 Å². The molecule has 0 spiro atoms. The van der Waals surface area contributed by atoms with E-state index in [2.05, 4.69) is 0 Å². The first-order valence-electron chi connectivity index (χ1n) is 4.62. The second kappa shape index (κ2) is 4.74. The molecule has 0 atom stereocenters. The highest BCUT2D eigenvalue weighted by Crippen LogP contribution is 2.04. The molecule has 0 saturated heterocycles. The van der Waals surface area contributed by atoms with Gasteiger partial charge < -0.3 is 4.90 Å². The second-order valence-corrected chi connectivity index (χ2v) is 3.21. The molecular weight excluding hydrogens is 181 g/mol. The summed E-state index contributed by atoms with van der Waals surface area (Å²) in [5.41, 5.74) is 0.844. The first-order valence-corrected chi connectivity index (χ1v) is 4.62. The van der Waals surface area contributed by atoms with Crippen molar-refractivity contribution in [3.05, 3.63) is 35.6 Å². The highest BCUT2D eigenvalue weighted by Gasteiger charge is 2.07. The Balaban J connectivity index is 2.60. The number of nitrogens with zero attached hydrogens (tertiary/aromatic N) is 1. The van der Waals surface area contributed by atoms with Crippen LogP contribution in [-0.4, -0.2) is 24.4 Å². The molecule has 0 heterocycles. The minimum absolute atomic E-state index is 0.0547. The predicted molar refractivity (Wildman–Crippen MR) is 53.4 cm³/mol. The van der Waals surface area contributed by atoms with Gasteiger partial charge in [0.1, 0.15) is 5.82 Å². The maximum atomic E-state index is 12.6. The van der Waals surface area contributed by atoms with Gasteiger partial charge in [0.15, 0.2) is 0 Å². The van der Waals surface area contributed by atoms with Crippen molar-refractivity contribution in [2.75, 3.05) is 13.6 Å². The van der Waals surface area contributed by atoms with Crippen LogP contribution in [0, 0.1) is 5.82 Å². The smallest absolute Gasteiger partial charge is 0.226 e. The number of likely N-dealkylation sites (N-methyl/N-ethyl adjacent to an activating group) is 1. The van der Waals surface area contributed by atoms with Gasteiger partial charge in [-0.1, -0.05) is 12.1 Å². The molecule has 1 aromatic rings. The van der Waals surface area contributed by atoms with Gasteiger partial charge in [-0.3, -0.25) is 4.79 Å². The summed E-state index contributed by atoms with van der Waals surface area (Å²) in [5.74, 6) is -0.218. The fourth-order valence-electron chi connectivity index (χ4n) is 1.09. The standard InChI is InChI=1S/C11H14FNO/c1-3-13(2)11(14)8-9-4-6-10(12)7-5-9/h4-7H,3,8H2,1-2H3. The zero-order valence-electron chi connectivity index (χ0n) is 8.46. The van der Waals surface area contributed by atoms with Crippen LogP contribution in [0.4, 0.5) is 4.39 Å². The second-order valence-electron chi connectivity index (χ2n) is 3.21. The first-order chi connectivity index (χ1) is 6.63. The molecule has 0 unspecified atom stereocenters. The van der Waals surface area contributed by atoms with Gasteiger partial charge >= 0.3 is 0 Å². The van der Waals surface area contributed by atoms with Crippen LogP contribution in [0.2, 0.25) is 0 Å². The molecule has 0 aliphatic rings. The monoisotopic (exact) mass is 195 g/mol. The largest absolute Gasteiger partial charge is 0.346 e. The highest BCUT2D eigenvalue weighted by atomic mass is 19.1. The van der Waals surface area contributed by atoms with E-state index in [-0.39, 0.29) is 11.7 Å². The molecule has 0 aromatic heterocycles. The normalized spacial score (nSPS) is 9.93. The number of hydrogen-bond acceptors (Lipinski definition) is 1. The summed E-state index contributed by atoms with van der Waals surface area (Å²) in [5, 5.41) is 0. The molecule has 3 heteroatoms. The van der Waals surface area contributed by atoms with E-state index in [4.69, 9.17) is 0 Å². The van der Waals surface area contributed by atoms with Crippen LogP contribution >= 0.6 is 0 Å². The van der Waals surface area contributed by atoms with Crippen molar-refractivity contribution in [3.8, 4) is 0 Å². The van der Waals surface area contributed by atoms with E-state index in [1.54, 1.807) is 24.1 Å². The fraction of sp³-hybridized carbons (Fsp3) is 0.364. The van der Waals surface area contributed by atoms with Crippen molar-refractivity contribution in [2.24, 2.45) is 0 Å². The zero-order chi connectivity index (χ0) is 10.6. The molecule has 0 aliphatic carbocycles. The van der Waals surface area contributed by atoms with E-state index in [1.807, 2.05) is 6.92 Å². The lowest BCUT2D eigenvalue weighted by atomic mass is 10.1. The molecule has 2 nitrogen and oxygen atoms in total. The van der Waals surface area contributed by atoms with Crippen LogP contribution in [0.3, 0.4) is 0 Å². The molecule has 14 heavy (non-hydrogen) atoms. The molecule has 0 aliphatic heterocycles. The number of halogens is 1. The van der Waals surface area contributed by atoms with E-state index in [0.29, 0.717) is 13.0 Å². The third kappa shape index (κ3) is 2.83. The van der Waals surface area contributed by atoms with Crippen LogP contribution in [0.15, 0.2) is 24.3 Å². The van der Waals surface area contributed by atoms with Crippen molar-refractivity contribution < 1.29 is 9.18 Å². The Hall–Kier alpha value is -1.38. The quantitative estimate of drug-likeness (QED) is 0.720. The van der Waals surface area contributed by atoms with Crippen LogP contribution in [-0.2, 0) is 11.2 Å². The summed E-state index contributed by atoms with van der Waals surface area (Å²) >= 11 is 0. The minimum Gasteiger partial charge on any atom is -0.346 e. The maximum Gasteiger partial charge on any atom is 0.226 e. The lowest BCUT2D eigenvalue weighted by Crippen LogP contribution is -2.27. The summed E-state index contributed by atoms with van der Waals surface area (Å²) in [6.45, 7) is 2.61.